The normalized spacial score (nSPS) is 17.6. The lowest BCUT2D eigenvalue weighted by molar-refractivity contribution is -0.142. The topological polar surface area (TPSA) is 71.9 Å². The van der Waals surface area contributed by atoms with E-state index in [2.05, 4.69) is 4.98 Å². The maximum atomic E-state index is 11.3. The van der Waals surface area contributed by atoms with Gasteiger partial charge in [-0.15, -0.1) is 11.3 Å². The number of likely N-dealkylation sites (tertiary alicyclic amines) is 1. The highest BCUT2D eigenvalue weighted by Gasteiger charge is 2.30. The molecule has 0 spiro atoms. The molecule has 25 heavy (non-hydrogen) atoms. The number of aromatic nitrogens is 1. The Morgan fingerprint density at radius 1 is 1.44 bits per heavy atom. The largest absolute Gasteiger partial charge is 0.493 e. The molecule has 0 aliphatic carbocycles. The van der Waals surface area contributed by atoms with Gasteiger partial charge in [-0.25, -0.2) is 4.98 Å². The molecule has 0 saturated carbocycles. The number of hydrogen-bond acceptors (Lipinski definition) is 6. The van der Waals surface area contributed by atoms with Crippen LogP contribution in [0.25, 0.3) is 10.6 Å². The Labute approximate surface area is 151 Å². The molecule has 1 saturated heterocycles. The van der Waals surface area contributed by atoms with E-state index >= 15 is 0 Å². The van der Waals surface area contributed by atoms with Crippen LogP contribution in [0.4, 0.5) is 0 Å². The Morgan fingerprint density at radius 3 is 3.00 bits per heavy atom. The van der Waals surface area contributed by atoms with Gasteiger partial charge in [0.15, 0.2) is 11.5 Å². The van der Waals surface area contributed by atoms with Crippen LogP contribution >= 0.6 is 11.3 Å². The number of hydrogen-bond donors (Lipinski definition) is 1. The number of carboxylic acid groups (broad SMARTS) is 1. The highest BCUT2D eigenvalue weighted by Crippen LogP contribution is 2.34. The van der Waals surface area contributed by atoms with Crippen molar-refractivity contribution in [1.29, 1.82) is 0 Å². The van der Waals surface area contributed by atoms with Crippen LogP contribution in [0.15, 0.2) is 23.6 Å². The van der Waals surface area contributed by atoms with Gasteiger partial charge in [0.2, 0.25) is 0 Å². The fraction of sp³-hybridized carbons (Fsp3) is 0.444. The van der Waals surface area contributed by atoms with Gasteiger partial charge in [-0.05, 0) is 44.5 Å². The quantitative estimate of drug-likeness (QED) is 0.815. The lowest BCUT2D eigenvalue weighted by Crippen LogP contribution is -2.35. The second-order valence-corrected chi connectivity index (χ2v) is 6.77. The van der Waals surface area contributed by atoms with E-state index in [1.165, 1.54) is 0 Å². The molecule has 1 N–H and O–H groups in total. The second kappa shape index (κ2) is 7.84. The van der Waals surface area contributed by atoms with E-state index in [-0.39, 0.29) is 0 Å². The highest BCUT2D eigenvalue weighted by atomic mass is 32.1. The van der Waals surface area contributed by atoms with Gasteiger partial charge in [0.1, 0.15) is 11.0 Å². The third-order valence-corrected chi connectivity index (χ3v) is 5.22. The van der Waals surface area contributed by atoms with Crippen LogP contribution in [0.3, 0.4) is 0 Å². The summed E-state index contributed by atoms with van der Waals surface area (Å²) in [4.78, 5) is 18.0. The average molecular weight is 362 g/mol. The molecule has 0 bridgehead atoms. The summed E-state index contributed by atoms with van der Waals surface area (Å²) >= 11 is 1.55. The summed E-state index contributed by atoms with van der Waals surface area (Å²) in [5, 5.41) is 12.2. The number of aliphatic carboxylic acids is 1. The van der Waals surface area contributed by atoms with E-state index in [9.17, 15) is 9.90 Å². The zero-order chi connectivity index (χ0) is 17.8. The number of nitrogens with zero attached hydrogens (tertiary/aromatic N) is 2. The maximum absolute atomic E-state index is 11.3. The lowest BCUT2D eigenvalue weighted by Gasteiger charge is -2.19. The molecule has 1 aliphatic rings. The van der Waals surface area contributed by atoms with Gasteiger partial charge in [0, 0.05) is 17.5 Å². The Bertz CT molecular complexity index is 746. The number of carboxylic acids is 1. The van der Waals surface area contributed by atoms with Crippen LogP contribution in [0.1, 0.15) is 25.5 Å². The summed E-state index contributed by atoms with van der Waals surface area (Å²) in [5.41, 5.74) is 1.87. The summed E-state index contributed by atoms with van der Waals surface area (Å²) in [6.07, 6.45) is 1.63. The molecule has 0 amide bonds. The van der Waals surface area contributed by atoms with Crippen molar-refractivity contribution in [2.75, 3.05) is 20.3 Å². The Morgan fingerprint density at radius 2 is 2.28 bits per heavy atom. The molecule has 134 valence electrons. The second-order valence-electron chi connectivity index (χ2n) is 5.91. The molecule has 1 atom stereocenters. The Balaban J connectivity index is 1.76. The smallest absolute Gasteiger partial charge is 0.320 e. The molecule has 3 rings (SSSR count). The van der Waals surface area contributed by atoms with Gasteiger partial charge in [0.05, 0.1) is 19.4 Å². The van der Waals surface area contributed by atoms with Gasteiger partial charge < -0.3 is 14.6 Å². The van der Waals surface area contributed by atoms with Gasteiger partial charge >= 0.3 is 5.97 Å². The minimum absolute atomic E-state index is 0.393. The Hall–Kier alpha value is -2.12. The number of thiazole rings is 1. The van der Waals surface area contributed by atoms with Crippen molar-refractivity contribution in [3.05, 3.63) is 29.3 Å². The molecule has 0 radical (unpaired) electrons. The first-order chi connectivity index (χ1) is 12.1. The van der Waals surface area contributed by atoms with Gasteiger partial charge in [0.25, 0.3) is 0 Å². The molecule has 1 aromatic carbocycles. The number of benzene rings is 1. The van der Waals surface area contributed by atoms with Crippen LogP contribution in [-0.2, 0) is 11.3 Å². The molecular formula is C18H22N2O4S. The zero-order valence-corrected chi connectivity index (χ0v) is 15.2. The third-order valence-electron chi connectivity index (χ3n) is 4.28. The average Bonchev–Trinajstić information content (AvgIpc) is 3.25. The molecule has 1 aliphatic heterocycles. The van der Waals surface area contributed by atoms with Crippen molar-refractivity contribution < 1.29 is 19.4 Å². The van der Waals surface area contributed by atoms with E-state index in [4.69, 9.17) is 9.47 Å². The number of rotatable bonds is 7. The van der Waals surface area contributed by atoms with E-state index in [1.54, 1.807) is 18.4 Å². The van der Waals surface area contributed by atoms with Crippen molar-refractivity contribution >= 4 is 17.3 Å². The molecule has 2 heterocycles. The van der Waals surface area contributed by atoms with Crippen molar-refractivity contribution in [3.63, 3.8) is 0 Å². The number of methoxy groups -OCH3 is 1. The standard InChI is InChI=1S/C18H22N2O4S/c1-3-24-15-7-6-12(9-16(15)23-2)17-19-13(11-25-17)10-20-8-4-5-14(20)18(21)22/h6-7,9,11,14H,3-5,8,10H2,1-2H3,(H,21,22). The van der Waals surface area contributed by atoms with Gasteiger partial charge in [-0.1, -0.05) is 0 Å². The number of carbonyl (C=O) groups is 1. The molecular weight excluding hydrogens is 340 g/mol. The highest BCUT2D eigenvalue weighted by molar-refractivity contribution is 7.13. The first-order valence-electron chi connectivity index (χ1n) is 8.34. The molecule has 1 fully saturated rings. The Kier molecular flexibility index (Phi) is 5.55. The predicted molar refractivity (Wildman–Crippen MR) is 96.3 cm³/mol. The van der Waals surface area contributed by atoms with E-state index in [1.807, 2.05) is 35.4 Å². The fourth-order valence-corrected chi connectivity index (χ4v) is 3.90. The summed E-state index contributed by atoms with van der Waals surface area (Å²) in [5.74, 6) is 0.651. The molecule has 7 heteroatoms. The molecule has 1 aromatic heterocycles. The van der Waals surface area contributed by atoms with Crippen LogP contribution in [0.5, 0.6) is 11.5 Å². The molecule has 2 aromatic rings. The number of ether oxygens (including phenoxy) is 2. The zero-order valence-electron chi connectivity index (χ0n) is 14.4. The van der Waals surface area contributed by atoms with Crippen LogP contribution in [0.2, 0.25) is 0 Å². The predicted octanol–water partition coefficient (Wildman–Crippen LogP) is 3.27. The van der Waals surface area contributed by atoms with E-state index in [0.29, 0.717) is 31.1 Å². The van der Waals surface area contributed by atoms with Crippen LogP contribution in [0, 0.1) is 0 Å². The van der Waals surface area contributed by atoms with Crippen molar-refractivity contribution in [1.82, 2.24) is 9.88 Å². The van der Waals surface area contributed by atoms with Crippen LogP contribution < -0.4 is 9.47 Å². The first kappa shape index (κ1) is 17.7. The third kappa shape index (κ3) is 3.93. The van der Waals surface area contributed by atoms with Crippen molar-refractivity contribution in [3.8, 4) is 22.1 Å². The minimum Gasteiger partial charge on any atom is -0.493 e. The fourth-order valence-electron chi connectivity index (χ4n) is 3.09. The SMILES string of the molecule is CCOc1ccc(-c2nc(CN3CCCC3C(=O)O)cs2)cc1OC. The van der Waals surface area contributed by atoms with Gasteiger partial charge in [-0.2, -0.15) is 0 Å². The summed E-state index contributed by atoms with van der Waals surface area (Å²) in [7, 11) is 1.62. The maximum Gasteiger partial charge on any atom is 0.320 e. The van der Waals surface area contributed by atoms with E-state index in [0.717, 1.165) is 29.2 Å². The summed E-state index contributed by atoms with van der Waals surface area (Å²) < 4.78 is 10.9. The molecule has 6 nitrogen and oxygen atoms in total. The monoisotopic (exact) mass is 362 g/mol. The molecule has 1 unspecified atom stereocenters. The minimum atomic E-state index is -0.746. The van der Waals surface area contributed by atoms with Crippen molar-refractivity contribution in [2.45, 2.75) is 32.4 Å². The first-order valence-corrected chi connectivity index (χ1v) is 9.22. The van der Waals surface area contributed by atoms with Gasteiger partial charge in [-0.3, -0.25) is 9.69 Å². The summed E-state index contributed by atoms with van der Waals surface area (Å²) in [6, 6.07) is 5.38. The van der Waals surface area contributed by atoms with Crippen LogP contribution in [-0.4, -0.2) is 47.3 Å². The lowest BCUT2D eigenvalue weighted by atomic mass is 10.2. The van der Waals surface area contributed by atoms with E-state index < -0.39 is 12.0 Å². The van der Waals surface area contributed by atoms with Crippen molar-refractivity contribution in [2.24, 2.45) is 0 Å². The summed E-state index contributed by atoms with van der Waals surface area (Å²) in [6.45, 7) is 3.89.